The second-order valence-electron chi connectivity index (χ2n) is 7.18. The van der Waals surface area contributed by atoms with Crippen molar-refractivity contribution in [3.05, 3.63) is 51.7 Å². The first-order chi connectivity index (χ1) is 11.6. The van der Waals surface area contributed by atoms with Gasteiger partial charge in [-0.2, -0.15) is 11.3 Å². The van der Waals surface area contributed by atoms with E-state index in [1.165, 1.54) is 16.7 Å². The molecule has 2 atom stereocenters. The first-order valence-electron chi connectivity index (χ1n) is 8.75. The normalized spacial score (nSPS) is 23.2. The van der Waals surface area contributed by atoms with E-state index >= 15 is 0 Å². The third kappa shape index (κ3) is 2.78. The lowest BCUT2D eigenvalue weighted by molar-refractivity contribution is -0.119. The van der Waals surface area contributed by atoms with E-state index in [9.17, 15) is 4.79 Å². The number of aryl methyl sites for hydroxylation is 2. The lowest BCUT2D eigenvalue weighted by Crippen LogP contribution is -2.47. The predicted octanol–water partition coefficient (Wildman–Crippen LogP) is 3.82. The van der Waals surface area contributed by atoms with Gasteiger partial charge >= 0.3 is 0 Å². The molecule has 4 heteroatoms. The summed E-state index contributed by atoms with van der Waals surface area (Å²) in [4.78, 5) is 17.6. The topological polar surface area (TPSA) is 23.6 Å². The lowest BCUT2D eigenvalue weighted by atomic mass is 9.89. The maximum Gasteiger partial charge on any atom is 0.227 e. The zero-order chi connectivity index (χ0) is 16.7. The summed E-state index contributed by atoms with van der Waals surface area (Å²) in [6, 6.07) is 9.05. The number of amides is 1. The third-order valence-electron chi connectivity index (χ3n) is 5.43. The minimum Gasteiger partial charge on any atom is -0.308 e. The fraction of sp³-hybridized carbons (Fsp3) is 0.450. The monoisotopic (exact) mass is 340 g/mol. The first-order valence-corrected chi connectivity index (χ1v) is 9.70. The van der Waals surface area contributed by atoms with Crippen LogP contribution in [0.25, 0.3) is 0 Å². The van der Waals surface area contributed by atoms with Crippen LogP contribution in [0.4, 0.5) is 5.69 Å². The molecule has 3 nitrogen and oxygen atoms in total. The number of hydrogen-bond acceptors (Lipinski definition) is 3. The molecule has 1 amide bonds. The number of carbonyl (C=O) groups is 1. The lowest BCUT2D eigenvalue weighted by Gasteiger charge is -2.36. The standard InChI is InChI=1S/C20H24N2OS/c1-14-3-5-18-16(11-14)17-12-21(2)9-7-19(17)22(18)20(23)6-4-15-8-10-24-13-15/h3,5,8,10-11,13,17,19H,4,6-7,9,12H2,1-2H3/t17-,19-/m1/s1. The van der Waals surface area contributed by atoms with E-state index in [0.717, 1.165) is 31.6 Å². The number of carbonyl (C=O) groups excluding carboxylic acids is 1. The van der Waals surface area contributed by atoms with Gasteiger partial charge in [-0.15, -0.1) is 0 Å². The fourth-order valence-corrected chi connectivity index (χ4v) is 4.92. The Morgan fingerprint density at radius 3 is 3.00 bits per heavy atom. The van der Waals surface area contributed by atoms with Crippen LogP contribution in [0.1, 0.15) is 35.4 Å². The van der Waals surface area contributed by atoms with Crippen molar-refractivity contribution in [2.75, 3.05) is 25.0 Å². The molecule has 0 saturated carbocycles. The molecule has 0 unspecified atom stereocenters. The molecular weight excluding hydrogens is 316 g/mol. The zero-order valence-corrected chi connectivity index (χ0v) is 15.2. The van der Waals surface area contributed by atoms with Crippen LogP contribution < -0.4 is 4.90 Å². The van der Waals surface area contributed by atoms with Gasteiger partial charge in [-0.3, -0.25) is 4.79 Å². The highest BCUT2D eigenvalue weighted by Crippen LogP contribution is 2.45. The number of likely N-dealkylation sites (N-methyl/N-ethyl adjacent to an activating group) is 1. The Morgan fingerprint density at radius 1 is 1.33 bits per heavy atom. The second kappa shape index (κ2) is 6.34. The van der Waals surface area contributed by atoms with Gasteiger partial charge in [0.05, 0.1) is 0 Å². The Hall–Kier alpha value is -1.65. The van der Waals surface area contributed by atoms with Gasteiger partial charge in [0.15, 0.2) is 0 Å². The maximum absolute atomic E-state index is 13.0. The number of anilines is 1. The van der Waals surface area contributed by atoms with E-state index in [0.29, 0.717) is 18.4 Å². The highest BCUT2D eigenvalue weighted by Gasteiger charge is 2.43. The van der Waals surface area contributed by atoms with Crippen LogP contribution in [-0.2, 0) is 11.2 Å². The van der Waals surface area contributed by atoms with Gasteiger partial charge in [0.25, 0.3) is 0 Å². The van der Waals surface area contributed by atoms with Crippen LogP contribution in [-0.4, -0.2) is 37.0 Å². The fourth-order valence-electron chi connectivity index (χ4n) is 4.21. The molecule has 0 spiro atoms. The van der Waals surface area contributed by atoms with Gasteiger partial charge in [-0.25, -0.2) is 0 Å². The molecule has 1 aromatic heterocycles. The van der Waals surface area contributed by atoms with Crippen molar-refractivity contribution >= 4 is 22.9 Å². The summed E-state index contributed by atoms with van der Waals surface area (Å²) < 4.78 is 0. The first kappa shape index (κ1) is 15.9. The number of rotatable bonds is 3. The quantitative estimate of drug-likeness (QED) is 0.848. The molecule has 1 aromatic carbocycles. The zero-order valence-electron chi connectivity index (χ0n) is 14.4. The van der Waals surface area contributed by atoms with Crippen molar-refractivity contribution in [2.24, 2.45) is 0 Å². The summed E-state index contributed by atoms with van der Waals surface area (Å²) in [6.45, 7) is 4.26. The number of benzene rings is 1. The van der Waals surface area contributed by atoms with Gasteiger partial charge < -0.3 is 9.80 Å². The minimum atomic E-state index is 0.281. The van der Waals surface area contributed by atoms with Crippen molar-refractivity contribution in [1.29, 1.82) is 0 Å². The maximum atomic E-state index is 13.0. The predicted molar refractivity (Wildman–Crippen MR) is 99.9 cm³/mol. The highest BCUT2D eigenvalue weighted by molar-refractivity contribution is 7.07. The van der Waals surface area contributed by atoms with Crippen LogP contribution >= 0.6 is 11.3 Å². The molecule has 3 heterocycles. The van der Waals surface area contributed by atoms with Crippen molar-refractivity contribution < 1.29 is 4.79 Å². The van der Waals surface area contributed by atoms with E-state index in [1.54, 1.807) is 11.3 Å². The Morgan fingerprint density at radius 2 is 2.21 bits per heavy atom. The number of fused-ring (bicyclic) bond motifs is 3. The summed E-state index contributed by atoms with van der Waals surface area (Å²) in [5, 5.41) is 4.23. The minimum absolute atomic E-state index is 0.281. The smallest absolute Gasteiger partial charge is 0.227 e. The Kier molecular flexibility index (Phi) is 4.19. The number of likely N-dealkylation sites (tertiary alicyclic amines) is 1. The molecule has 0 bridgehead atoms. The van der Waals surface area contributed by atoms with Gasteiger partial charge in [-0.05, 0) is 67.4 Å². The number of piperidine rings is 1. The second-order valence-corrected chi connectivity index (χ2v) is 7.96. The van der Waals surface area contributed by atoms with Crippen LogP contribution in [0.3, 0.4) is 0 Å². The molecule has 0 radical (unpaired) electrons. The molecule has 4 rings (SSSR count). The summed E-state index contributed by atoms with van der Waals surface area (Å²) in [6.07, 6.45) is 2.51. The Balaban J connectivity index is 1.61. The molecule has 0 aliphatic carbocycles. The molecule has 1 fully saturated rings. The number of thiophene rings is 1. The average molecular weight is 340 g/mol. The molecule has 2 aliphatic rings. The molecule has 1 saturated heterocycles. The van der Waals surface area contributed by atoms with E-state index in [4.69, 9.17) is 0 Å². The molecule has 2 aromatic rings. The van der Waals surface area contributed by atoms with E-state index < -0.39 is 0 Å². The van der Waals surface area contributed by atoms with Gasteiger partial charge in [0.2, 0.25) is 5.91 Å². The van der Waals surface area contributed by atoms with Crippen molar-refractivity contribution in [3.63, 3.8) is 0 Å². The van der Waals surface area contributed by atoms with Crippen LogP contribution in [0, 0.1) is 6.92 Å². The average Bonchev–Trinajstić information content (AvgIpc) is 3.18. The van der Waals surface area contributed by atoms with Crippen LogP contribution in [0.15, 0.2) is 35.0 Å². The van der Waals surface area contributed by atoms with Crippen LogP contribution in [0.2, 0.25) is 0 Å². The van der Waals surface area contributed by atoms with Crippen molar-refractivity contribution in [3.8, 4) is 0 Å². The van der Waals surface area contributed by atoms with Crippen LogP contribution in [0.5, 0.6) is 0 Å². The van der Waals surface area contributed by atoms with Crippen molar-refractivity contribution in [1.82, 2.24) is 4.90 Å². The molecule has 126 valence electrons. The largest absolute Gasteiger partial charge is 0.308 e. The summed E-state index contributed by atoms with van der Waals surface area (Å²) in [5.41, 5.74) is 5.08. The highest BCUT2D eigenvalue weighted by atomic mass is 32.1. The molecule has 0 N–H and O–H groups in total. The van der Waals surface area contributed by atoms with Gasteiger partial charge in [0.1, 0.15) is 0 Å². The van der Waals surface area contributed by atoms with Gasteiger partial charge in [-0.1, -0.05) is 17.7 Å². The number of hydrogen-bond donors (Lipinski definition) is 0. The van der Waals surface area contributed by atoms with Gasteiger partial charge in [0, 0.05) is 30.6 Å². The molecule has 24 heavy (non-hydrogen) atoms. The van der Waals surface area contributed by atoms with E-state index in [2.05, 4.69) is 58.8 Å². The molecule has 2 aliphatic heterocycles. The SMILES string of the molecule is Cc1ccc2c(c1)[C@H]1CN(C)CC[C@H]1N2C(=O)CCc1ccsc1. The number of nitrogens with zero attached hydrogens (tertiary/aromatic N) is 2. The summed E-state index contributed by atoms with van der Waals surface area (Å²) >= 11 is 1.70. The Bertz CT molecular complexity index is 740. The summed E-state index contributed by atoms with van der Waals surface area (Å²) in [7, 11) is 2.19. The summed E-state index contributed by atoms with van der Waals surface area (Å²) in [5.74, 6) is 0.743. The van der Waals surface area contributed by atoms with Crippen molar-refractivity contribution in [2.45, 2.75) is 38.1 Å². The van der Waals surface area contributed by atoms with E-state index in [-0.39, 0.29) is 5.91 Å². The molecular formula is C20H24N2OS. The Labute approximate surface area is 147 Å². The van der Waals surface area contributed by atoms with E-state index in [1.807, 2.05) is 0 Å². The third-order valence-corrected chi connectivity index (χ3v) is 6.16.